The van der Waals surface area contributed by atoms with Crippen molar-refractivity contribution in [1.29, 1.82) is 0 Å². The molecule has 1 amide bonds. The molecular formula is C21H20AsNO8. The average Bonchev–Trinajstić information content (AvgIpc) is 2.67. The molecule has 0 saturated carbocycles. The van der Waals surface area contributed by atoms with E-state index in [0.29, 0.717) is 5.56 Å². The Hall–Kier alpha value is -3.58. The molecule has 2 aromatic carbocycles. The van der Waals surface area contributed by atoms with Gasteiger partial charge in [0.15, 0.2) is 0 Å². The van der Waals surface area contributed by atoms with Gasteiger partial charge in [0.05, 0.1) is 0 Å². The molecule has 0 fully saturated rings. The summed E-state index contributed by atoms with van der Waals surface area (Å²) >= 11 is -5.40. The topological polar surface area (TPSA) is 136 Å². The summed E-state index contributed by atoms with van der Waals surface area (Å²) in [5.41, 5.74) is 0.554. The number of benzene rings is 2. The van der Waals surface area contributed by atoms with Crippen LogP contribution in [0.25, 0.3) is 6.08 Å². The Balaban J connectivity index is 2.37. The van der Waals surface area contributed by atoms with Crippen LogP contribution in [0.1, 0.15) is 25.8 Å². The number of amides is 1. The van der Waals surface area contributed by atoms with E-state index in [1.165, 1.54) is 13.0 Å². The molecule has 0 saturated heterocycles. The molecule has 0 radical (unpaired) electrons. The fraction of sp³-hybridized carbons (Fsp3) is 0.143. The summed E-state index contributed by atoms with van der Waals surface area (Å²) in [7, 11) is 0. The van der Waals surface area contributed by atoms with Crippen molar-refractivity contribution in [2.24, 2.45) is 0 Å². The third-order valence-corrected chi connectivity index (χ3v) is 7.37. The first-order valence-electron chi connectivity index (χ1n) is 8.99. The number of nitrogens with one attached hydrogen (secondary N) is 1. The molecule has 10 heteroatoms. The molecule has 162 valence electrons. The Kier molecular flexibility index (Phi) is 7.99. The molecule has 0 heterocycles. The molecule has 0 aromatic heterocycles. The molecule has 1 atom stereocenters. The maximum atomic E-state index is 13.4. The van der Waals surface area contributed by atoms with E-state index >= 15 is 0 Å². The first-order chi connectivity index (χ1) is 14.6. The van der Waals surface area contributed by atoms with Crippen LogP contribution in [-0.4, -0.2) is 42.9 Å². The summed E-state index contributed by atoms with van der Waals surface area (Å²) in [6.07, 6.45) is 1.76. The second-order valence-corrected chi connectivity index (χ2v) is 10.3. The number of aromatic hydroxyl groups is 1. The standard InChI is InChI=1S/C21H20AsNO8/c1-14(24)12-21(28)31-22(29,17-9-10-19(26)18(13-17)23-15(2)25)30-20(27)11-8-16-6-4-3-5-7-16/h3-11,13,26H,12H2,1-2H3,(H,23,25)/b11-8-. The van der Waals surface area contributed by atoms with Crippen molar-refractivity contribution in [1.82, 2.24) is 0 Å². The van der Waals surface area contributed by atoms with E-state index in [9.17, 15) is 28.0 Å². The molecule has 0 bridgehead atoms. The van der Waals surface area contributed by atoms with Crippen LogP contribution in [-0.2, 0) is 30.4 Å². The number of hydrogen-bond donors (Lipinski definition) is 2. The van der Waals surface area contributed by atoms with Gasteiger partial charge >= 0.3 is 181 Å². The van der Waals surface area contributed by atoms with Crippen molar-refractivity contribution < 1.29 is 35.5 Å². The molecule has 0 aliphatic rings. The zero-order valence-corrected chi connectivity index (χ0v) is 18.6. The molecule has 9 nitrogen and oxygen atoms in total. The number of Topliss-reactive ketones (excluding diaryl/α,β-unsaturated/α-hetero) is 1. The minimum absolute atomic E-state index is 0.120. The van der Waals surface area contributed by atoms with E-state index < -0.39 is 44.2 Å². The van der Waals surface area contributed by atoms with E-state index in [1.807, 2.05) is 0 Å². The van der Waals surface area contributed by atoms with Crippen LogP contribution in [0.5, 0.6) is 5.75 Å². The van der Waals surface area contributed by atoms with Crippen molar-refractivity contribution in [2.45, 2.75) is 20.3 Å². The van der Waals surface area contributed by atoms with Crippen molar-refractivity contribution in [3.05, 3.63) is 60.2 Å². The number of phenols is 1. The van der Waals surface area contributed by atoms with Crippen LogP contribution >= 0.6 is 0 Å². The molecule has 0 aliphatic carbocycles. The SMILES string of the molecule is CC(=O)CC(=O)O[As](=O)(OC(=O)/C=C\c1ccccc1)c1ccc(O)c(NC(C)=O)c1. The van der Waals surface area contributed by atoms with Gasteiger partial charge in [0.1, 0.15) is 0 Å². The first kappa shape index (κ1) is 23.7. The van der Waals surface area contributed by atoms with Crippen molar-refractivity contribution >= 4 is 53.9 Å². The molecule has 0 aliphatic heterocycles. The van der Waals surface area contributed by atoms with Gasteiger partial charge in [0.25, 0.3) is 0 Å². The van der Waals surface area contributed by atoms with E-state index in [-0.39, 0.29) is 15.8 Å². The fourth-order valence-corrected chi connectivity index (χ4v) is 5.34. The minimum atomic E-state index is -5.40. The van der Waals surface area contributed by atoms with Crippen LogP contribution in [0.2, 0.25) is 0 Å². The van der Waals surface area contributed by atoms with Gasteiger partial charge in [-0.2, -0.15) is 0 Å². The summed E-state index contributed by atoms with van der Waals surface area (Å²) in [5, 5.41) is 12.2. The Morgan fingerprint density at radius 3 is 2.32 bits per heavy atom. The van der Waals surface area contributed by atoms with Crippen molar-refractivity contribution in [3.63, 3.8) is 0 Å². The number of carbonyl (C=O) groups is 4. The predicted molar refractivity (Wildman–Crippen MR) is 111 cm³/mol. The zero-order chi connectivity index (χ0) is 23.0. The molecule has 2 N–H and O–H groups in total. The Morgan fingerprint density at radius 2 is 1.71 bits per heavy atom. The third-order valence-electron chi connectivity index (χ3n) is 3.64. The second kappa shape index (κ2) is 10.4. The Labute approximate surface area is 181 Å². The van der Waals surface area contributed by atoms with Gasteiger partial charge in [-0.3, -0.25) is 0 Å². The van der Waals surface area contributed by atoms with E-state index in [1.54, 1.807) is 30.3 Å². The van der Waals surface area contributed by atoms with Crippen LogP contribution in [0.4, 0.5) is 5.69 Å². The quantitative estimate of drug-likeness (QED) is 0.248. The molecule has 1 unspecified atom stereocenters. The van der Waals surface area contributed by atoms with Gasteiger partial charge in [-0.25, -0.2) is 0 Å². The summed E-state index contributed by atoms with van der Waals surface area (Å²) in [4.78, 5) is 46.8. The first-order valence-corrected chi connectivity index (χ1v) is 12.2. The van der Waals surface area contributed by atoms with E-state index in [0.717, 1.165) is 31.2 Å². The van der Waals surface area contributed by atoms with Gasteiger partial charge in [0, 0.05) is 0 Å². The van der Waals surface area contributed by atoms with Crippen LogP contribution in [0.15, 0.2) is 54.6 Å². The van der Waals surface area contributed by atoms with E-state index in [2.05, 4.69) is 5.32 Å². The van der Waals surface area contributed by atoms with Gasteiger partial charge in [0.2, 0.25) is 0 Å². The van der Waals surface area contributed by atoms with Gasteiger partial charge in [-0.1, -0.05) is 0 Å². The molecule has 0 spiro atoms. The average molecular weight is 489 g/mol. The number of anilines is 1. The van der Waals surface area contributed by atoms with Gasteiger partial charge < -0.3 is 0 Å². The molecule has 2 aromatic rings. The monoisotopic (exact) mass is 489 g/mol. The van der Waals surface area contributed by atoms with Gasteiger partial charge in [-0.05, 0) is 0 Å². The van der Waals surface area contributed by atoms with Crippen LogP contribution in [0, 0.1) is 0 Å². The van der Waals surface area contributed by atoms with Crippen molar-refractivity contribution in [3.8, 4) is 5.75 Å². The summed E-state index contributed by atoms with van der Waals surface area (Å²) in [5.74, 6) is -3.58. The van der Waals surface area contributed by atoms with Gasteiger partial charge in [-0.15, -0.1) is 0 Å². The Morgan fingerprint density at radius 1 is 1.03 bits per heavy atom. The summed E-state index contributed by atoms with van der Waals surface area (Å²) in [6, 6.07) is 12.1. The van der Waals surface area contributed by atoms with Crippen molar-refractivity contribution in [2.75, 3.05) is 5.32 Å². The van der Waals surface area contributed by atoms with Crippen LogP contribution in [0.3, 0.4) is 0 Å². The maximum absolute atomic E-state index is 13.4. The number of hydrogen-bond acceptors (Lipinski definition) is 8. The fourth-order valence-electron chi connectivity index (χ4n) is 2.36. The zero-order valence-electron chi connectivity index (χ0n) is 16.7. The second-order valence-electron chi connectivity index (χ2n) is 6.38. The number of phenolic OH excluding ortho intramolecular Hbond substituents is 1. The normalized spacial score (nSPS) is 12.6. The summed E-state index contributed by atoms with van der Waals surface area (Å²) in [6.45, 7) is 2.33. The summed E-state index contributed by atoms with van der Waals surface area (Å²) < 4.78 is 23.2. The molecule has 31 heavy (non-hydrogen) atoms. The van der Waals surface area contributed by atoms with Crippen LogP contribution < -0.4 is 9.67 Å². The van der Waals surface area contributed by atoms with E-state index in [4.69, 9.17) is 7.45 Å². The Bertz CT molecular complexity index is 1080. The number of rotatable bonds is 8. The molecule has 2 rings (SSSR count). The number of ketones is 1. The third kappa shape index (κ3) is 7.31. The number of carbonyl (C=O) groups excluding carboxylic acids is 4. The predicted octanol–water partition coefficient (Wildman–Crippen LogP) is 1.71. The molecular weight excluding hydrogens is 469 g/mol.